The third-order valence-corrected chi connectivity index (χ3v) is 4.89. The van der Waals surface area contributed by atoms with Crippen molar-refractivity contribution in [2.24, 2.45) is 0 Å². The van der Waals surface area contributed by atoms with Gasteiger partial charge in [-0.1, -0.05) is 16.6 Å². The number of aromatic nitrogens is 4. The fraction of sp³-hybridized carbons (Fsp3) is 0.111. The van der Waals surface area contributed by atoms with Crippen LogP contribution < -0.4 is 5.32 Å². The van der Waals surface area contributed by atoms with Gasteiger partial charge in [-0.15, -0.1) is 5.10 Å². The maximum atomic E-state index is 13.1. The van der Waals surface area contributed by atoms with Crippen molar-refractivity contribution < 1.29 is 26.3 Å². The van der Waals surface area contributed by atoms with Gasteiger partial charge in [0.2, 0.25) is 0 Å². The Morgan fingerprint density at radius 3 is 2.33 bits per heavy atom. The quantitative estimate of drug-likeness (QED) is 0.400. The molecule has 0 fully saturated rings. The molecule has 1 aromatic carbocycles. The van der Waals surface area contributed by atoms with Crippen LogP contribution in [-0.2, 0) is 12.4 Å². The minimum Gasteiger partial charge on any atom is -0.340 e. The van der Waals surface area contributed by atoms with Crippen molar-refractivity contribution >= 4 is 33.9 Å². The van der Waals surface area contributed by atoms with Crippen molar-refractivity contribution in [2.45, 2.75) is 12.4 Å². The lowest BCUT2D eigenvalue weighted by atomic mass is 10.1. The predicted octanol–water partition coefficient (Wildman–Crippen LogP) is 5.93. The van der Waals surface area contributed by atoms with Crippen molar-refractivity contribution in [3.63, 3.8) is 0 Å². The number of benzene rings is 1. The van der Waals surface area contributed by atoms with E-state index in [2.05, 4.69) is 24.9 Å². The average molecular weight is 441 g/mol. The van der Waals surface area contributed by atoms with Gasteiger partial charge in [0, 0.05) is 23.3 Å². The molecule has 0 radical (unpaired) electrons. The van der Waals surface area contributed by atoms with Crippen LogP contribution >= 0.6 is 11.5 Å². The van der Waals surface area contributed by atoms with Crippen LogP contribution in [0, 0.1) is 0 Å². The van der Waals surface area contributed by atoms with Gasteiger partial charge in [0.15, 0.2) is 4.88 Å². The molecule has 0 amide bonds. The molecule has 3 heterocycles. The Kier molecular flexibility index (Phi) is 4.80. The average Bonchev–Trinajstić information content (AvgIpc) is 3.18. The molecule has 0 bridgehead atoms. The lowest BCUT2D eigenvalue weighted by molar-refractivity contribution is -0.138. The van der Waals surface area contributed by atoms with Crippen LogP contribution in [-0.4, -0.2) is 19.6 Å². The van der Waals surface area contributed by atoms with Gasteiger partial charge >= 0.3 is 12.4 Å². The predicted molar refractivity (Wildman–Crippen MR) is 98.2 cm³/mol. The van der Waals surface area contributed by atoms with Gasteiger partial charge in [0.05, 0.1) is 16.8 Å². The van der Waals surface area contributed by atoms with Gasteiger partial charge in [-0.2, -0.15) is 26.3 Å². The Labute approximate surface area is 168 Å². The molecule has 0 saturated heterocycles. The summed E-state index contributed by atoms with van der Waals surface area (Å²) in [6.45, 7) is 0. The smallest absolute Gasteiger partial charge is 0.340 e. The molecule has 3 aromatic heterocycles. The lowest BCUT2D eigenvalue weighted by Crippen LogP contribution is -2.06. The van der Waals surface area contributed by atoms with Crippen molar-refractivity contribution in [3.8, 4) is 11.3 Å². The molecule has 4 aromatic rings. The fourth-order valence-electron chi connectivity index (χ4n) is 2.74. The summed E-state index contributed by atoms with van der Waals surface area (Å²) >= 11 is 0.257. The Balaban J connectivity index is 1.68. The fourth-order valence-corrected chi connectivity index (χ4v) is 3.30. The summed E-state index contributed by atoms with van der Waals surface area (Å²) in [6, 6.07) is 8.08. The highest BCUT2D eigenvalue weighted by Crippen LogP contribution is 2.39. The number of hydrogen-bond acceptors (Lipinski definition) is 6. The van der Waals surface area contributed by atoms with Crippen LogP contribution in [0.25, 0.3) is 22.2 Å². The number of nitrogens with zero attached hydrogens (tertiary/aromatic N) is 4. The highest BCUT2D eigenvalue weighted by molar-refractivity contribution is 7.06. The summed E-state index contributed by atoms with van der Waals surface area (Å²) < 4.78 is 80.7. The summed E-state index contributed by atoms with van der Waals surface area (Å²) in [5, 5.41) is 7.01. The summed E-state index contributed by atoms with van der Waals surface area (Å²) in [6.07, 6.45) is -6.95. The molecule has 12 heteroatoms. The van der Waals surface area contributed by atoms with Crippen LogP contribution in [0.4, 0.5) is 37.8 Å². The molecule has 0 atom stereocenters. The van der Waals surface area contributed by atoms with Crippen molar-refractivity contribution in [3.05, 3.63) is 59.2 Å². The van der Waals surface area contributed by atoms with Crippen LogP contribution in [0.2, 0.25) is 0 Å². The number of pyridine rings is 2. The van der Waals surface area contributed by atoms with E-state index in [1.807, 2.05) is 0 Å². The van der Waals surface area contributed by atoms with E-state index in [4.69, 9.17) is 0 Å². The molecule has 0 spiro atoms. The van der Waals surface area contributed by atoms with Crippen LogP contribution in [0.1, 0.15) is 10.4 Å². The van der Waals surface area contributed by atoms with Crippen LogP contribution in [0.5, 0.6) is 0 Å². The Morgan fingerprint density at radius 2 is 1.67 bits per heavy atom. The van der Waals surface area contributed by atoms with Gasteiger partial charge in [0.1, 0.15) is 11.5 Å². The molecule has 0 aliphatic heterocycles. The molecule has 0 saturated carbocycles. The van der Waals surface area contributed by atoms with E-state index in [0.29, 0.717) is 22.8 Å². The van der Waals surface area contributed by atoms with Gasteiger partial charge in [0.25, 0.3) is 0 Å². The first kappa shape index (κ1) is 20.0. The maximum absolute atomic E-state index is 13.1. The summed E-state index contributed by atoms with van der Waals surface area (Å²) in [7, 11) is 0. The van der Waals surface area contributed by atoms with E-state index >= 15 is 0 Å². The van der Waals surface area contributed by atoms with E-state index in [-0.39, 0.29) is 28.6 Å². The van der Waals surface area contributed by atoms with Gasteiger partial charge < -0.3 is 5.32 Å². The highest BCUT2D eigenvalue weighted by Gasteiger charge is 2.37. The molecule has 1 N–H and O–H groups in total. The van der Waals surface area contributed by atoms with Crippen LogP contribution in [0.15, 0.2) is 48.8 Å². The number of nitrogens with one attached hydrogen (secondary N) is 1. The first-order chi connectivity index (χ1) is 14.1. The van der Waals surface area contributed by atoms with E-state index in [1.54, 1.807) is 12.1 Å². The van der Waals surface area contributed by atoms with E-state index in [1.165, 1.54) is 24.4 Å². The molecule has 30 heavy (non-hydrogen) atoms. The molecule has 4 rings (SSSR count). The molecule has 0 unspecified atom stereocenters. The van der Waals surface area contributed by atoms with Crippen molar-refractivity contribution in [2.75, 3.05) is 5.32 Å². The van der Waals surface area contributed by atoms with Gasteiger partial charge in [-0.3, -0.25) is 4.98 Å². The number of rotatable bonds is 3. The Hall–Kier alpha value is -3.28. The third kappa shape index (κ3) is 3.90. The zero-order chi connectivity index (χ0) is 21.5. The molecular formula is C18H9F6N5S. The minimum absolute atomic E-state index is 0.169. The topological polar surface area (TPSA) is 63.6 Å². The summed E-state index contributed by atoms with van der Waals surface area (Å²) in [4.78, 5) is 7.00. The molecule has 0 aliphatic carbocycles. The number of anilines is 2. The number of fused-ring (bicyclic) bond motifs is 1. The normalized spacial score (nSPS) is 12.3. The second kappa shape index (κ2) is 7.20. The number of hydrogen-bond donors (Lipinski definition) is 1. The molecule has 154 valence electrons. The van der Waals surface area contributed by atoms with E-state index < -0.39 is 22.8 Å². The molecule has 5 nitrogen and oxygen atoms in total. The number of halogens is 6. The third-order valence-electron chi connectivity index (χ3n) is 4.12. The standard InChI is InChI=1S/C18H9F6N5S/c19-17(20,21)10-2-4-14(26-8-10)27-12-5-6-25-13-7-9(1-3-11(12)13)15-16(18(22,23)24)30-29-28-15/h1-8H,(H,25,26,27). The second-order valence-electron chi connectivity index (χ2n) is 6.09. The largest absolute Gasteiger partial charge is 0.429 e. The minimum atomic E-state index is -4.58. The number of alkyl halides is 6. The van der Waals surface area contributed by atoms with Crippen molar-refractivity contribution in [1.82, 2.24) is 19.6 Å². The van der Waals surface area contributed by atoms with Crippen molar-refractivity contribution in [1.29, 1.82) is 0 Å². The lowest BCUT2D eigenvalue weighted by Gasteiger charge is -2.11. The summed E-state index contributed by atoms with van der Waals surface area (Å²) in [5.74, 6) is 0.169. The Bertz CT molecular complexity index is 1200. The highest BCUT2D eigenvalue weighted by atomic mass is 32.1. The monoisotopic (exact) mass is 441 g/mol. The van der Waals surface area contributed by atoms with Gasteiger partial charge in [-0.25, -0.2) is 4.98 Å². The second-order valence-corrected chi connectivity index (χ2v) is 6.85. The van der Waals surface area contributed by atoms with Gasteiger partial charge in [-0.05, 0) is 35.8 Å². The molecular weight excluding hydrogens is 432 g/mol. The molecule has 0 aliphatic rings. The van der Waals surface area contributed by atoms with Crippen LogP contribution in [0.3, 0.4) is 0 Å². The maximum Gasteiger partial charge on any atom is 0.429 e. The SMILES string of the molecule is FC(F)(F)c1ccc(Nc2ccnc3cc(-c4nnsc4C(F)(F)F)ccc23)nc1. The first-order valence-corrected chi connectivity index (χ1v) is 8.99. The summed E-state index contributed by atoms with van der Waals surface area (Å²) in [5.41, 5.74) is -0.133. The Morgan fingerprint density at radius 1 is 0.867 bits per heavy atom. The van der Waals surface area contributed by atoms with E-state index in [9.17, 15) is 26.3 Å². The zero-order valence-electron chi connectivity index (χ0n) is 14.6. The van der Waals surface area contributed by atoms with E-state index in [0.717, 1.165) is 6.07 Å². The zero-order valence-corrected chi connectivity index (χ0v) is 15.4. The first-order valence-electron chi connectivity index (χ1n) is 8.22.